The highest BCUT2D eigenvalue weighted by molar-refractivity contribution is 4.76. The van der Waals surface area contributed by atoms with Crippen LogP contribution in [0.3, 0.4) is 0 Å². The summed E-state index contributed by atoms with van der Waals surface area (Å²) in [4.78, 5) is 0. The van der Waals surface area contributed by atoms with Crippen molar-refractivity contribution in [2.75, 3.05) is 26.4 Å². The first-order chi connectivity index (χ1) is 9.79. The summed E-state index contributed by atoms with van der Waals surface area (Å²) in [5, 5.41) is 13.4. The van der Waals surface area contributed by atoms with Crippen molar-refractivity contribution in [2.45, 2.75) is 70.1 Å². The third kappa shape index (κ3) is 5.32. The van der Waals surface area contributed by atoms with Crippen LogP contribution in [0, 0.1) is 5.92 Å². The Balaban J connectivity index is 1.59. The molecule has 0 aromatic rings. The van der Waals surface area contributed by atoms with Gasteiger partial charge in [0, 0.05) is 19.2 Å². The standard InChI is InChI=1S/C16H31NO3/c1-2-13-6-3-4-8-16(13)20-12-15(18)10-17-14-7-5-9-19-11-14/h13-18H,2-12H2,1H3. The van der Waals surface area contributed by atoms with E-state index in [9.17, 15) is 5.11 Å². The van der Waals surface area contributed by atoms with Gasteiger partial charge in [0.05, 0.1) is 25.4 Å². The zero-order chi connectivity index (χ0) is 14.2. The minimum absolute atomic E-state index is 0.362. The summed E-state index contributed by atoms with van der Waals surface area (Å²) < 4.78 is 11.4. The molecule has 0 bridgehead atoms. The van der Waals surface area contributed by atoms with Crippen LogP contribution >= 0.6 is 0 Å². The van der Waals surface area contributed by atoms with E-state index in [4.69, 9.17) is 9.47 Å². The van der Waals surface area contributed by atoms with Crippen LogP contribution < -0.4 is 5.32 Å². The van der Waals surface area contributed by atoms with Crippen molar-refractivity contribution in [1.82, 2.24) is 5.32 Å². The number of aliphatic hydroxyl groups is 1. The topological polar surface area (TPSA) is 50.7 Å². The molecule has 4 nitrogen and oxygen atoms in total. The zero-order valence-electron chi connectivity index (χ0n) is 12.9. The number of hydrogen-bond donors (Lipinski definition) is 2. The normalized spacial score (nSPS) is 33.0. The molecule has 1 saturated heterocycles. The molecule has 118 valence electrons. The molecule has 2 N–H and O–H groups in total. The molecule has 0 radical (unpaired) electrons. The summed E-state index contributed by atoms with van der Waals surface area (Å²) in [6.07, 6.45) is 8.47. The molecular formula is C16H31NO3. The lowest BCUT2D eigenvalue weighted by atomic mass is 9.85. The Kier molecular flexibility index (Phi) is 7.28. The van der Waals surface area contributed by atoms with Crippen LogP contribution in [0.15, 0.2) is 0 Å². The van der Waals surface area contributed by atoms with Gasteiger partial charge in [-0.05, 0) is 31.6 Å². The summed E-state index contributed by atoms with van der Waals surface area (Å²) in [6.45, 7) is 4.96. The smallest absolute Gasteiger partial charge is 0.0897 e. The highest BCUT2D eigenvalue weighted by Crippen LogP contribution is 2.29. The number of rotatable bonds is 7. The molecule has 4 atom stereocenters. The van der Waals surface area contributed by atoms with Crippen LogP contribution in [0.5, 0.6) is 0 Å². The van der Waals surface area contributed by atoms with Crippen LogP contribution in [0.25, 0.3) is 0 Å². The minimum atomic E-state index is -0.406. The van der Waals surface area contributed by atoms with E-state index >= 15 is 0 Å². The minimum Gasteiger partial charge on any atom is -0.389 e. The average molecular weight is 285 g/mol. The van der Waals surface area contributed by atoms with Crippen molar-refractivity contribution >= 4 is 0 Å². The molecular weight excluding hydrogens is 254 g/mol. The number of aliphatic hydroxyl groups excluding tert-OH is 1. The zero-order valence-corrected chi connectivity index (χ0v) is 12.9. The number of ether oxygens (including phenoxy) is 2. The highest BCUT2D eigenvalue weighted by atomic mass is 16.5. The van der Waals surface area contributed by atoms with E-state index in [2.05, 4.69) is 12.2 Å². The van der Waals surface area contributed by atoms with Crippen molar-refractivity contribution < 1.29 is 14.6 Å². The Morgan fingerprint density at radius 2 is 2.10 bits per heavy atom. The van der Waals surface area contributed by atoms with Gasteiger partial charge in [0.1, 0.15) is 0 Å². The number of nitrogens with one attached hydrogen (secondary N) is 1. The third-order valence-electron chi connectivity index (χ3n) is 4.67. The molecule has 0 spiro atoms. The highest BCUT2D eigenvalue weighted by Gasteiger charge is 2.25. The van der Waals surface area contributed by atoms with Crippen molar-refractivity contribution in [1.29, 1.82) is 0 Å². The van der Waals surface area contributed by atoms with E-state index in [-0.39, 0.29) is 0 Å². The van der Waals surface area contributed by atoms with Gasteiger partial charge in [0.2, 0.25) is 0 Å². The van der Waals surface area contributed by atoms with Gasteiger partial charge in [-0.25, -0.2) is 0 Å². The molecule has 2 rings (SSSR count). The number of hydrogen-bond acceptors (Lipinski definition) is 4. The van der Waals surface area contributed by atoms with E-state index in [1.54, 1.807) is 0 Å². The fourth-order valence-corrected chi connectivity index (χ4v) is 3.36. The Hall–Kier alpha value is -0.160. The molecule has 4 unspecified atom stereocenters. The Labute approximate surface area is 123 Å². The van der Waals surface area contributed by atoms with Crippen molar-refractivity contribution in [2.24, 2.45) is 5.92 Å². The molecule has 4 heteroatoms. The molecule has 0 aromatic carbocycles. The lowest BCUT2D eigenvalue weighted by Gasteiger charge is -2.31. The lowest BCUT2D eigenvalue weighted by Crippen LogP contribution is -2.42. The summed E-state index contributed by atoms with van der Waals surface area (Å²) >= 11 is 0. The predicted octanol–water partition coefficient (Wildman–Crippen LogP) is 2.10. The van der Waals surface area contributed by atoms with Crippen molar-refractivity contribution in [3.63, 3.8) is 0 Å². The van der Waals surface area contributed by atoms with Gasteiger partial charge in [-0.15, -0.1) is 0 Å². The molecule has 2 fully saturated rings. The maximum Gasteiger partial charge on any atom is 0.0897 e. The molecule has 1 aliphatic carbocycles. The van der Waals surface area contributed by atoms with E-state index in [1.807, 2.05) is 0 Å². The molecule has 20 heavy (non-hydrogen) atoms. The van der Waals surface area contributed by atoms with E-state index in [0.29, 0.717) is 31.2 Å². The molecule has 1 heterocycles. The maximum atomic E-state index is 10.0. The predicted molar refractivity (Wildman–Crippen MR) is 79.8 cm³/mol. The SMILES string of the molecule is CCC1CCCCC1OCC(O)CNC1CCCOC1. The second kappa shape index (κ2) is 8.98. The molecule has 1 saturated carbocycles. The summed E-state index contributed by atoms with van der Waals surface area (Å²) in [5.41, 5.74) is 0. The fraction of sp³-hybridized carbons (Fsp3) is 1.00. The fourth-order valence-electron chi connectivity index (χ4n) is 3.36. The second-order valence-corrected chi connectivity index (χ2v) is 6.30. The Morgan fingerprint density at radius 1 is 1.25 bits per heavy atom. The van der Waals surface area contributed by atoms with Crippen LogP contribution in [0.4, 0.5) is 0 Å². The first-order valence-corrected chi connectivity index (χ1v) is 8.40. The molecule has 0 amide bonds. The lowest BCUT2D eigenvalue weighted by molar-refractivity contribution is -0.0513. The van der Waals surface area contributed by atoms with Crippen LogP contribution in [-0.4, -0.2) is 49.7 Å². The van der Waals surface area contributed by atoms with Crippen LogP contribution in [-0.2, 0) is 9.47 Å². The summed E-state index contributed by atoms with van der Waals surface area (Å²) in [6, 6.07) is 0.400. The first-order valence-electron chi connectivity index (χ1n) is 8.40. The van der Waals surface area contributed by atoms with E-state index < -0.39 is 6.10 Å². The van der Waals surface area contributed by atoms with Gasteiger partial charge in [-0.1, -0.05) is 26.2 Å². The van der Waals surface area contributed by atoms with Gasteiger partial charge in [-0.3, -0.25) is 0 Å². The van der Waals surface area contributed by atoms with E-state index in [1.165, 1.54) is 25.7 Å². The molecule has 0 aromatic heterocycles. The second-order valence-electron chi connectivity index (χ2n) is 6.30. The van der Waals surface area contributed by atoms with Gasteiger partial charge in [-0.2, -0.15) is 0 Å². The van der Waals surface area contributed by atoms with Gasteiger partial charge in [0.15, 0.2) is 0 Å². The van der Waals surface area contributed by atoms with Crippen molar-refractivity contribution in [3.05, 3.63) is 0 Å². The average Bonchev–Trinajstić information content (AvgIpc) is 2.52. The molecule has 2 aliphatic rings. The van der Waals surface area contributed by atoms with Gasteiger partial charge < -0.3 is 19.9 Å². The van der Waals surface area contributed by atoms with Gasteiger partial charge in [0.25, 0.3) is 0 Å². The summed E-state index contributed by atoms with van der Waals surface area (Å²) in [7, 11) is 0. The summed E-state index contributed by atoms with van der Waals surface area (Å²) in [5.74, 6) is 0.690. The van der Waals surface area contributed by atoms with Gasteiger partial charge >= 0.3 is 0 Å². The Morgan fingerprint density at radius 3 is 2.85 bits per heavy atom. The van der Waals surface area contributed by atoms with Crippen molar-refractivity contribution in [3.8, 4) is 0 Å². The maximum absolute atomic E-state index is 10.0. The molecule has 1 aliphatic heterocycles. The quantitative estimate of drug-likeness (QED) is 0.752. The van der Waals surface area contributed by atoms with Crippen LogP contribution in [0.2, 0.25) is 0 Å². The first kappa shape index (κ1) is 16.2. The largest absolute Gasteiger partial charge is 0.389 e. The third-order valence-corrected chi connectivity index (χ3v) is 4.67. The monoisotopic (exact) mass is 285 g/mol. The van der Waals surface area contributed by atoms with E-state index in [0.717, 1.165) is 32.5 Å². The van der Waals surface area contributed by atoms with Crippen LogP contribution in [0.1, 0.15) is 51.9 Å². The Bertz CT molecular complexity index is 256.